The molecule has 2 heterocycles. The summed E-state index contributed by atoms with van der Waals surface area (Å²) in [7, 11) is 0. The first kappa shape index (κ1) is 21.2. The molecule has 2 aliphatic heterocycles. The summed E-state index contributed by atoms with van der Waals surface area (Å²) in [4.78, 5) is 27.8. The fourth-order valence-electron chi connectivity index (χ4n) is 4.51. The summed E-state index contributed by atoms with van der Waals surface area (Å²) in [5, 5.41) is 6.22. The predicted octanol–water partition coefficient (Wildman–Crippen LogP) is 3.47. The van der Waals surface area contributed by atoms with E-state index in [2.05, 4.69) is 29.2 Å². The molecule has 6 nitrogen and oxygen atoms in total. The van der Waals surface area contributed by atoms with E-state index in [0.29, 0.717) is 6.61 Å². The Labute approximate surface area is 183 Å². The van der Waals surface area contributed by atoms with Crippen LogP contribution in [0.15, 0.2) is 65.8 Å². The van der Waals surface area contributed by atoms with Crippen LogP contribution in [0.1, 0.15) is 37.3 Å². The standard InChI is InChI=1S/C25H29N3O3/c1-2-31-22(29)13-16-28-24(30)25(23(26-28)21-11-7-4-8-12-21)14-17-27(18-15-25)19-20-9-5-3-6-10-20/h3-12H,2,13-19H2,1H3. The number of amides is 1. The maximum absolute atomic E-state index is 13.5. The number of hydrogen-bond donors (Lipinski definition) is 0. The van der Waals surface area contributed by atoms with Gasteiger partial charge >= 0.3 is 5.97 Å². The summed E-state index contributed by atoms with van der Waals surface area (Å²) < 4.78 is 5.02. The highest BCUT2D eigenvalue weighted by molar-refractivity contribution is 6.19. The molecular weight excluding hydrogens is 390 g/mol. The van der Waals surface area contributed by atoms with E-state index in [1.54, 1.807) is 6.92 Å². The van der Waals surface area contributed by atoms with Crippen LogP contribution in [-0.4, -0.2) is 53.7 Å². The van der Waals surface area contributed by atoms with Crippen molar-refractivity contribution in [3.63, 3.8) is 0 Å². The van der Waals surface area contributed by atoms with Crippen molar-refractivity contribution in [3.8, 4) is 0 Å². The Balaban J connectivity index is 1.51. The van der Waals surface area contributed by atoms with Crippen molar-refractivity contribution in [3.05, 3.63) is 71.8 Å². The lowest BCUT2D eigenvalue weighted by atomic mass is 9.72. The van der Waals surface area contributed by atoms with Gasteiger partial charge in [-0.15, -0.1) is 0 Å². The van der Waals surface area contributed by atoms with Gasteiger partial charge in [-0.3, -0.25) is 14.5 Å². The molecule has 0 radical (unpaired) electrons. The van der Waals surface area contributed by atoms with Crippen LogP contribution in [-0.2, 0) is 20.9 Å². The highest BCUT2D eigenvalue weighted by atomic mass is 16.5. The fraction of sp³-hybridized carbons (Fsp3) is 0.400. The van der Waals surface area contributed by atoms with Gasteiger partial charge in [0.1, 0.15) is 0 Å². The molecule has 1 spiro atoms. The van der Waals surface area contributed by atoms with Crippen LogP contribution in [0.25, 0.3) is 0 Å². The van der Waals surface area contributed by atoms with Crippen molar-refractivity contribution in [1.29, 1.82) is 0 Å². The number of carbonyl (C=O) groups is 2. The van der Waals surface area contributed by atoms with E-state index in [1.807, 2.05) is 36.4 Å². The first-order chi connectivity index (χ1) is 15.1. The van der Waals surface area contributed by atoms with E-state index in [9.17, 15) is 9.59 Å². The molecule has 1 saturated heterocycles. The van der Waals surface area contributed by atoms with Gasteiger partial charge in [-0.25, -0.2) is 5.01 Å². The number of likely N-dealkylation sites (tertiary alicyclic amines) is 1. The molecule has 6 heteroatoms. The van der Waals surface area contributed by atoms with Gasteiger partial charge in [-0.2, -0.15) is 5.10 Å². The maximum atomic E-state index is 13.5. The maximum Gasteiger partial charge on any atom is 0.307 e. The molecule has 2 aromatic carbocycles. The molecule has 31 heavy (non-hydrogen) atoms. The Hall–Kier alpha value is -2.99. The molecule has 4 rings (SSSR count). The lowest BCUT2D eigenvalue weighted by molar-refractivity contribution is -0.144. The van der Waals surface area contributed by atoms with Crippen LogP contribution in [0.3, 0.4) is 0 Å². The Morgan fingerprint density at radius 1 is 1.03 bits per heavy atom. The van der Waals surface area contributed by atoms with Crippen LogP contribution >= 0.6 is 0 Å². The largest absolute Gasteiger partial charge is 0.466 e. The number of ether oxygens (including phenoxy) is 1. The average Bonchev–Trinajstić information content (AvgIpc) is 3.07. The van der Waals surface area contributed by atoms with Crippen molar-refractivity contribution in [2.45, 2.75) is 32.7 Å². The normalized spacial score (nSPS) is 18.3. The van der Waals surface area contributed by atoms with Crippen molar-refractivity contribution in [2.75, 3.05) is 26.2 Å². The molecule has 1 fully saturated rings. The second kappa shape index (κ2) is 9.43. The van der Waals surface area contributed by atoms with Crippen molar-refractivity contribution in [1.82, 2.24) is 9.91 Å². The Bertz CT molecular complexity index is 935. The first-order valence-corrected chi connectivity index (χ1v) is 11.0. The summed E-state index contributed by atoms with van der Waals surface area (Å²) in [5.74, 6) is -0.291. The third-order valence-corrected chi connectivity index (χ3v) is 6.16. The zero-order valence-corrected chi connectivity index (χ0v) is 18.0. The van der Waals surface area contributed by atoms with Gasteiger partial charge in [-0.05, 0) is 44.0 Å². The monoisotopic (exact) mass is 419 g/mol. The lowest BCUT2D eigenvalue weighted by Gasteiger charge is -2.38. The number of esters is 1. The van der Waals surface area contributed by atoms with Crippen LogP contribution in [0.4, 0.5) is 0 Å². The molecule has 0 aromatic heterocycles. The number of hydrazone groups is 1. The number of piperidine rings is 1. The second-order valence-corrected chi connectivity index (χ2v) is 8.14. The third-order valence-electron chi connectivity index (χ3n) is 6.16. The van der Waals surface area contributed by atoms with E-state index in [1.165, 1.54) is 10.6 Å². The van der Waals surface area contributed by atoms with Crippen LogP contribution in [0.2, 0.25) is 0 Å². The van der Waals surface area contributed by atoms with E-state index in [4.69, 9.17) is 9.84 Å². The van der Waals surface area contributed by atoms with Gasteiger partial charge in [0.15, 0.2) is 0 Å². The molecule has 0 unspecified atom stereocenters. The van der Waals surface area contributed by atoms with Crippen molar-refractivity contribution in [2.24, 2.45) is 10.5 Å². The topological polar surface area (TPSA) is 62.2 Å². The third kappa shape index (κ3) is 4.54. The number of hydrogen-bond acceptors (Lipinski definition) is 5. The van der Waals surface area contributed by atoms with Gasteiger partial charge in [0, 0.05) is 6.54 Å². The van der Waals surface area contributed by atoms with E-state index >= 15 is 0 Å². The molecule has 0 N–H and O–H groups in total. The summed E-state index contributed by atoms with van der Waals surface area (Å²) >= 11 is 0. The van der Waals surface area contributed by atoms with Gasteiger partial charge in [0.2, 0.25) is 0 Å². The first-order valence-electron chi connectivity index (χ1n) is 11.0. The zero-order chi connectivity index (χ0) is 21.7. The molecular formula is C25H29N3O3. The van der Waals surface area contributed by atoms with Crippen molar-refractivity contribution < 1.29 is 14.3 Å². The Kier molecular flexibility index (Phi) is 6.47. The summed E-state index contributed by atoms with van der Waals surface area (Å²) in [6.07, 6.45) is 1.60. The molecule has 162 valence electrons. The Morgan fingerprint density at radius 3 is 2.32 bits per heavy atom. The molecule has 0 atom stereocenters. The quantitative estimate of drug-likeness (QED) is 0.645. The van der Waals surface area contributed by atoms with Crippen molar-refractivity contribution >= 4 is 17.6 Å². The minimum atomic E-state index is -0.622. The predicted molar refractivity (Wildman–Crippen MR) is 119 cm³/mol. The molecule has 0 aliphatic carbocycles. The molecule has 2 aromatic rings. The number of nitrogens with zero attached hydrogens (tertiary/aromatic N) is 3. The van der Waals surface area contributed by atoms with Gasteiger partial charge in [0.25, 0.3) is 5.91 Å². The van der Waals surface area contributed by atoms with E-state index in [0.717, 1.165) is 43.8 Å². The van der Waals surface area contributed by atoms with Gasteiger partial charge in [-0.1, -0.05) is 60.7 Å². The minimum Gasteiger partial charge on any atom is -0.466 e. The number of benzene rings is 2. The zero-order valence-electron chi connectivity index (χ0n) is 18.0. The second-order valence-electron chi connectivity index (χ2n) is 8.14. The smallest absolute Gasteiger partial charge is 0.307 e. The summed E-state index contributed by atoms with van der Waals surface area (Å²) in [6.45, 7) is 4.92. The summed E-state index contributed by atoms with van der Waals surface area (Å²) in [5.41, 5.74) is 2.47. The van der Waals surface area contributed by atoms with E-state index in [-0.39, 0.29) is 24.8 Å². The SMILES string of the molecule is CCOC(=O)CCN1N=C(c2ccccc2)C2(CCN(Cc3ccccc3)CC2)C1=O. The number of rotatable bonds is 7. The summed E-state index contributed by atoms with van der Waals surface area (Å²) in [6, 6.07) is 20.4. The van der Waals surface area contributed by atoms with E-state index < -0.39 is 5.41 Å². The fourth-order valence-corrected chi connectivity index (χ4v) is 4.51. The lowest BCUT2D eigenvalue weighted by Crippen LogP contribution is -2.49. The number of carbonyl (C=O) groups excluding carboxylic acids is 2. The molecule has 2 aliphatic rings. The van der Waals surface area contributed by atoms with Gasteiger partial charge < -0.3 is 4.74 Å². The van der Waals surface area contributed by atoms with Gasteiger partial charge in [0.05, 0.1) is 30.7 Å². The highest BCUT2D eigenvalue weighted by Gasteiger charge is 2.52. The van der Waals surface area contributed by atoms with Crippen LogP contribution < -0.4 is 0 Å². The van der Waals surface area contributed by atoms with Crippen LogP contribution in [0, 0.1) is 5.41 Å². The highest BCUT2D eigenvalue weighted by Crippen LogP contribution is 2.42. The molecule has 0 bridgehead atoms. The molecule has 0 saturated carbocycles. The molecule has 1 amide bonds. The Morgan fingerprint density at radius 2 is 1.68 bits per heavy atom. The van der Waals surface area contributed by atoms with Crippen LogP contribution in [0.5, 0.6) is 0 Å². The average molecular weight is 420 g/mol. The minimum absolute atomic E-state index is 0.00927.